The molecule has 0 heterocycles. The van der Waals surface area contributed by atoms with Crippen molar-refractivity contribution in [1.82, 2.24) is 5.32 Å². The Morgan fingerprint density at radius 1 is 1.35 bits per heavy atom. The molecule has 2 N–H and O–H groups in total. The SMILES string of the molecule is CCC(CC)NC(=O)COc1ccc(F)cc1C(=O)O. The Kier molecular flexibility index (Phi) is 5.96. The Labute approximate surface area is 116 Å². The van der Waals surface area contributed by atoms with Crippen LogP contribution < -0.4 is 10.1 Å². The lowest BCUT2D eigenvalue weighted by atomic mass is 10.2. The van der Waals surface area contributed by atoms with Gasteiger partial charge in [-0.05, 0) is 31.0 Å². The Hall–Kier alpha value is -2.11. The fraction of sp³-hybridized carbons (Fsp3) is 0.429. The molecule has 1 aromatic carbocycles. The van der Waals surface area contributed by atoms with Crippen LogP contribution in [0.3, 0.4) is 0 Å². The van der Waals surface area contributed by atoms with E-state index in [0.717, 1.165) is 25.0 Å². The molecular weight excluding hydrogens is 265 g/mol. The summed E-state index contributed by atoms with van der Waals surface area (Å²) in [5, 5.41) is 11.7. The summed E-state index contributed by atoms with van der Waals surface area (Å²) in [6, 6.07) is 3.21. The van der Waals surface area contributed by atoms with Crippen molar-refractivity contribution in [3.8, 4) is 5.75 Å². The van der Waals surface area contributed by atoms with Gasteiger partial charge in [0.05, 0.1) is 0 Å². The van der Waals surface area contributed by atoms with E-state index in [-0.39, 0.29) is 29.9 Å². The van der Waals surface area contributed by atoms with E-state index in [1.165, 1.54) is 6.07 Å². The van der Waals surface area contributed by atoms with E-state index in [4.69, 9.17) is 9.84 Å². The Morgan fingerprint density at radius 2 is 2.00 bits per heavy atom. The first-order chi connectivity index (χ1) is 9.47. The molecule has 0 aromatic heterocycles. The summed E-state index contributed by atoms with van der Waals surface area (Å²) in [6.07, 6.45) is 1.61. The van der Waals surface area contributed by atoms with Gasteiger partial charge in [-0.15, -0.1) is 0 Å². The zero-order chi connectivity index (χ0) is 15.1. The fourth-order valence-corrected chi connectivity index (χ4v) is 1.70. The number of carboxylic acids is 1. The van der Waals surface area contributed by atoms with E-state index in [1.807, 2.05) is 13.8 Å². The summed E-state index contributed by atoms with van der Waals surface area (Å²) >= 11 is 0. The summed E-state index contributed by atoms with van der Waals surface area (Å²) < 4.78 is 18.1. The Bertz CT molecular complexity index is 486. The highest BCUT2D eigenvalue weighted by Crippen LogP contribution is 2.19. The van der Waals surface area contributed by atoms with E-state index in [0.29, 0.717) is 0 Å². The number of rotatable bonds is 7. The molecule has 0 atom stereocenters. The van der Waals surface area contributed by atoms with Gasteiger partial charge in [-0.2, -0.15) is 0 Å². The third-order valence-electron chi connectivity index (χ3n) is 2.88. The first-order valence-corrected chi connectivity index (χ1v) is 6.42. The molecule has 0 radical (unpaired) electrons. The van der Waals surface area contributed by atoms with Crippen LogP contribution in [0.15, 0.2) is 18.2 Å². The van der Waals surface area contributed by atoms with Gasteiger partial charge < -0.3 is 15.2 Å². The van der Waals surface area contributed by atoms with Crippen molar-refractivity contribution in [2.24, 2.45) is 0 Å². The number of nitrogens with one attached hydrogen (secondary N) is 1. The number of amides is 1. The number of halogens is 1. The van der Waals surface area contributed by atoms with Gasteiger partial charge in [-0.3, -0.25) is 4.79 Å². The third-order valence-corrected chi connectivity index (χ3v) is 2.88. The summed E-state index contributed by atoms with van der Waals surface area (Å²) in [7, 11) is 0. The van der Waals surface area contributed by atoms with Crippen LogP contribution >= 0.6 is 0 Å². The molecule has 1 amide bonds. The lowest BCUT2D eigenvalue weighted by molar-refractivity contribution is -0.123. The first-order valence-electron chi connectivity index (χ1n) is 6.42. The number of carbonyl (C=O) groups is 2. The second-order valence-corrected chi connectivity index (χ2v) is 4.32. The van der Waals surface area contributed by atoms with Gasteiger partial charge in [0, 0.05) is 6.04 Å². The van der Waals surface area contributed by atoms with Gasteiger partial charge in [0.25, 0.3) is 5.91 Å². The second-order valence-electron chi connectivity index (χ2n) is 4.32. The highest BCUT2D eigenvalue weighted by Gasteiger charge is 2.14. The smallest absolute Gasteiger partial charge is 0.339 e. The van der Waals surface area contributed by atoms with Gasteiger partial charge in [0.2, 0.25) is 0 Å². The number of hydrogen-bond donors (Lipinski definition) is 2. The van der Waals surface area contributed by atoms with Gasteiger partial charge in [0.15, 0.2) is 6.61 Å². The molecule has 0 bridgehead atoms. The minimum atomic E-state index is -1.31. The molecule has 110 valence electrons. The highest BCUT2D eigenvalue weighted by atomic mass is 19.1. The largest absolute Gasteiger partial charge is 0.483 e. The van der Waals surface area contributed by atoms with Crippen LogP contribution in [0.5, 0.6) is 5.75 Å². The molecule has 0 saturated heterocycles. The number of benzene rings is 1. The lowest BCUT2D eigenvalue weighted by Gasteiger charge is -2.15. The first kappa shape index (κ1) is 15.9. The monoisotopic (exact) mass is 283 g/mol. The maximum absolute atomic E-state index is 13.0. The van der Waals surface area contributed by atoms with Gasteiger partial charge >= 0.3 is 5.97 Å². The van der Waals surface area contributed by atoms with Crippen LogP contribution in [-0.2, 0) is 4.79 Å². The lowest BCUT2D eigenvalue weighted by Crippen LogP contribution is -2.37. The summed E-state index contributed by atoms with van der Waals surface area (Å²) in [5.74, 6) is -2.34. The van der Waals surface area contributed by atoms with Crippen molar-refractivity contribution in [3.05, 3.63) is 29.6 Å². The zero-order valence-electron chi connectivity index (χ0n) is 11.5. The number of carboxylic acid groups (broad SMARTS) is 1. The maximum atomic E-state index is 13.0. The van der Waals surface area contributed by atoms with Crippen molar-refractivity contribution in [3.63, 3.8) is 0 Å². The molecular formula is C14H18FNO4. The fourth-order valence-electron chi connectivity index (χ4n) is 1.70. The van der Waals surface area contributed by atoms with E-state index < -0.39 is 11.8 Å². The van der Waals surface area contributed by atoms with Crippen LogP contribution in [0.2, 0.25) is 0 Å². The summed E-state index contributed by atoms with van der Waals surface area (Å²) in [6.45, 7) is 3.61. The molecule has 0 saturated carbocycles. The summed E-state index contributed by atoms with van der Waals surface area (Å²) in [4.78, 5) is 22.6. The Balaban J connectivity index is 2.66. The zero-order valence-corrected chi connectivity index (χ0v) is 11.5. The van der Waals surface area contributed by atoms with Crippen molar-refractivity contribution in [2.45, 2.75) is 32.7 Å². The minimum Gasteiger partial charge on any atom is -0.483 e. The number of aromatic carboxylic acids is 1. The Morgan fingerprint density at radius 3 is 2.55 bits per heavy atom. The van der Waals surface area contributed by atoms with E-state index in [9.17, 15) is 14.0 Å². The number of ether oxygens (including phenoxy) is 1. The molecule has 0 aliphatic rings. The predicted molar refractivity (Wildman–Crippen MR) is 71.4 cm³/mol. The van der Waals surface area contributed by atoms with Gasteiger partial charge in [0.1, 0.15) is 17.1 Å². The average molecular weight is 283 g/mol. The van der Waals surface area contributed by atoms with E-state index in [2.05, 4.69) is 5.32 Å². The normalized spacial score (nSPS) is 10.4. The molecule has 0 fully saturated rings. The van der Waals surface area contributed by atoms with Crippen molar-refractivity contribution in [2.75, 3.05) is 6.61 Å². The molecule has 0 aliphatic heterocycles. The number of carbonyl (C=O) groups excluding carboxylic acids is 1. The second kappa shape index (κ2) is 7.47. The topological polar surface area (TPSA) is 75.6 Å². The average Bonchev–Trinajstić information content (AvgIpc) is 2.43. The molecule has 0 unspecified atom stereocenters. The molecule has 1 rings (SSSR count). The van der Waals surface area contributed by atoms with Crippen molar-refractivity contribution in [1.29, 1.82) is 0 Å². The van der Waals surface area contributed by atoms with Crippen molar-refractivity contribution < 1.29 is 23.8 Å². The predicted octanol–water partition coefficient (Wildman–Crippen LogP) is 2.21. The van der Waals surface area contributed by atoms with Gasteiger partial charge in [-0.1, -0.05) is 13.8 Å². The highest BCUT2D eigenvalue weighted by molar-refractivity contribution is 5.91. The maximum Gasteiger partial charge on any atom is 0.339 e. The third kappa shape index (κ3) is 4.53. The number of hydrogen-bond acceptors (Lipinski definition) is 3. The molecule has 20 heavy (non-hydrogen) atoms. The molecule has 6 heteroatoms. The minimum absolute atomic E-state index is 0.0291. The van der Waals surface area contributed by atoms with Crippen LogP contribution in [0.25, 0.3) is 0 Å². The molecule has 0 aliphatic carbocycles. The quantitative estimate of drug-likeness (QED) is 0.804. The summed E-state index contributed by atoms with van der Waals surface area (Å²) in [5.41, 5.74) is -0.305. The van der Waals surface area contributed by atoms with Crippen molar-refractivity contribution >= 4 is 11.9 Å². The standard InChI is InChI=1S/C14H18FNO4/c1-3-10(4-2)16-13(17)8-20-12-6-5-9(15)7-11(12)14(18)19/h5-7,10H,3-4,8H2,1-2H3,(H,16,17)(H,18,19). The van der Waals surface area contributed by atoms with Crippen LogP contribution in [-0.4, -0.2) is 29.6 Å². The van der Waals surface area contributed by atoms with Crippen LogP contribution in [0.4, 0.5) is 4.39 Å². The van der Waals surface area contributed by atoms with Crippen LogP contribution in [0, 0.1) is 5.82 Å². The van der Waals surface area contributed by atoms with E-state index in [1.54, 1.807) is 0 Å². The van der Waals surface area contributed by atoms with E-state index >= 15 is 0 Å². The molecule has 0 spiro atoms. The van der Waals surface area contributed by atoms with Gasteiger partial charge in [-0.25, -0.2) is 9.18 Å². The molecule has 5 nitrogen and oxygen atoms in total. The molecule has 1 aromatic rings. The van der Waals surface area contributed by atoms with Crippen LogP contribution in [0.1, 0.15) is 37.0 Å².